The van der Waals surface area contributed by atoms with Crippen LogP contribution in [0.25, 0.3) is 0 Å². The first-order valence-electron chi connectivity index (χ1n) is 3.86. The average Bonchev–Trinajstić information content (AvgIpc) is 2.01. The number of rotatable bonds is 3. The summed E-state index contributed by atoms with van der Waals surface area (Å²) in [7, 11) is 1.42. The van der Waals surface area contributed by atoms with Crippen molar-refractivity contribution in [1.29, 1.82) is 0 Å². The van der Waals surface area contributed by atoms with Crippen molar-refractivity contribution in [3.63, 3.8) is 0 Å². The first-order valence-corrected chi connectivity index (χ1v) is 4.66. The molecule has 0 unspecified atom stereocenters. The molecule has 76 valence electrons. The summed E-state index contributed by atoms with van der Waals surface area (Å²) in [6.45, 7) is -0.0475. The van der Waals surface area contributed by atoms with Gasteiger partial charge in [0.1, 0.15) is 12.4 Å². The van der Waals surface area contributed by atoms with Crippen molar-refractivity contribution in [3.05, 3.63) is 28.5 Å². The second-order valence-corrected chi connectivity index (χ2v) is 3.55. The van der Waals surface area contributed by atoms with Gasteiger partial charge in [-0.05, 0) is 18.2 Å². The van der Waals surface area contributed by atoms with Crippen molar-refractivity contribution in [2.75, 3.05) is 19.0 Å². The van der Waals surface area contributed by atoms with Crippen LogP contribution >= 0.6 is 15.9 Å². The van der Waals surface area contributed by atoms with E-state index in [1.165, 1.54) is 19.2 Å². The molecule has 1 N–H and O–H groups in total. The topological polar surface area (TPSA) is 38.3 Å². The van der Waals surface area contributed by atoms with Crippen molar-refractivity contribution < 1.29 is 13.9 Å². The summed E-state index contributed by atoms with van der Waals surface area (Å²) < 4.78 is 18.0. The minimum absolute atomic E-state index is 0.0475. The fraction of sp³-hybridized carbons (Fsp3) is 0.222. The highest BCUT2D eigenvalue weighted by atomic mass is 79.9. The summed E-state index contributed by atoms with van der Waals surface area (Å²) in [5, 5.41) is 2.49. The smallest absolute Gasteiger partial charge is 0.250 e. The van der Waals surface area contributed by atoms with E-state index in [0.717, 1.165) is 0 Å². The Morgan fingerprint density at radius 3 is 2.86 bits per heavy atom. The molecule has 0 aliphatic carbocycles. The summed E-state index contributed by atoms with van der Waals surface area (Å²) in [6, 6.07) is 4.15. The number of amides is 1. The van der Waals surface area contributed by atoms with Gasteiger partial charge in [0.15, 0.2) is 0 Å². The third-order valence-corrected chi connectivity index (χ3v) is 1.88. The van der Waals surface area contributed by atoms with E-state index in [-0.39, 0.29) is 12.5 Å². The normalized spacial score (nSPS) is 9.93. The summed E-state index contributed by atoms with van der Waals surface area (Å²) >= 11 is 3.12. The zero-order valence-corrected chi connectivity index (χ0v) is 9.10. The Bertz CT molecular complexity index is 323. The number of carbonyl (C=O) groups excluding carboxylic acids is 1. The Hall–Kier alpha value is -0.940. The van der Waals surface area contributed by atoms with Gasteiger partial charge in [-0.2, -0.15) is 0 Å². The SMILES string of the molecule is COCC(=O)Nc1cc(F)cc(Br)c1. The summed E-state index contributed by atoms with van der Waals surface area (Å²) in [5.74, 6) is -0.725. The highest BCUT2D eigenvalue weighted by Gasteiger charge is 2.03. The van der Waals surface area contributed by atoms with Crippen molar-refractivity contribution in [3.8, 4) is 0 Å². The van der Waals surface area contributed by atoms with Gasteiger partial charge in [0, 0.05) is 17.3 Å². The van der Waals surface area contributed by atoms with Crippen LogP contribution in [0.1, 0.15) is 0 Å². The Morgan fingerprint density at radius 1 is 1.57 bits per heavy atom. The van der Waals surface area contributed by atoms with Crippen LogP contribution in [0.3, 0.4) is 0 Å². The van der Waals surface area contributed by atoms with E-state index < -0.39 is 5.82 Å². The first-order chi connectivity index (χ1) is 6.61. The highest BCUT2D eigenvalue weighted by molar-refractivity contribution is 9.10. The van der Waals surface area contributed by atoms with Crippen LogP contribution in [-0.4, -0.2) is 19.6 Å². The molecule has 5 heteroatoms. The maximum absolute atomic E-state index is 12.9. The van der Waals surface area contributed by atoms with Gasteiger partial charge in [-0.25, -0.2) is 4.39 Å². The van der Waals surface area contributed by atoms with Gasteiger partial charge in [0.2, 0.25) is 5.91 Å². The minimum atomic E-state index is -0.410. The molecule has 0 aliphatic rings. The molecule has 14 heavy (non-hydrogen) atoms. The molecule has 0 atom stereocenters. The van der Waals surface area contributed by atoms with Crippen LogP contribution in [0.5, 0.6) is 0 Å². The van der Waals surface area contributed by atoms with Crippen molar-refractivity contribution in [1.82, 2.24) is 0 Å². The van der Waals surface area contributed by atoms with Gasteiger partial charge in [0.05, 0.1) is 0 Å². The molecular formula is C9H9BrFNO2. The molecule has 0 saturated heterocycles. The van der Waals surface area contributed by atoms with Gasteiger partial charge in [-0.1, -0.05) is 15.9 Å². The van der Waals surface area contributed by atoms with Crippen LogP contribution < -0.4 is 5.32 Å². The van der Waals surface area contributed by atoms with Gasteiger partial charge in [-0.15, -0.1) is 0 Å². The van der Waals surface area contributed by atoms with Gasteiger partial charge in [0.25, 0.3) is 0 Å². The fourth-order valence-corrected chi connectivity index (χ4v) is 1.42. The van der Waals surface area contributed by atoms with Crippen LogP contribution in [0, 0.1) is 5.82 Å². The molecule has 0 aromatic heterocycles. The van der Waals surface area contributed by atoms with Crippen LogP contribution in [0.4, 0.5) is 10.1 Å². The minimum Gasteiger partial charge on any atom is -0.375 e. The molecular weight excluding hydrogens is 253 g/mol. The summed E-state index contributed by atoms with van der Waals surface area (Å²) in [6.07, 6.45) is 0. The predicted molar refractivity (Wildman–Crippen MR) is 54.6 cm³/mol. The number of hydrogen-bond acceptors (Lipinski definition) is 2. The Kier molecular flexibility index (Phi) is 4.03. The Balaban J connectivity index is 2.71. The number of anilines is 1. The molecule has 0 fully saturated rings. The molecule has 0 heterocycles. The average molecular weight is 262 g/mol. The maximum Gasteiger partial charge on any atom is 0.250 e. The second-order valence-electron chi connectivity index (χ2n) is 2.64. The third-order valence-electron chi connectivity index (χ3n) is 1.42. The lowest BCUT2D eigenvalue weighted by atomic mass is 10.3. The van der Waals surface area contributed by atoms with E-state index in [2.05, 4.69) is 26.0 Å². The molecule has 0 aliphatic heterocycles. The molecule has 1 amide bonds. The monoisotopic (exact) mass is 261 g/mol. The summed E-state index contributed by atoms with van der Waals surface area (Å²) in [4.78, 5) is 11.1. The number of hydrogen-bond donors (Lipinski definition) is 1. The zero-order valence-electron chi connectivity index (χ0n) is 7.51. The van der Waals surface area contributed by atoms with E-state index >= 15 is 0 Å². The number of methoxy groups -OCH3 is 1. The molecule has 0 radical (unpaired) electrons. The van der Waals surface area contributed by atoms with Gasteiger partial charge < -0.3 is 10.1 Å². The lowest BCUT2D eigenvalue weighted by Gasteiger charge is -2.04. The lowest BCUT2D eigenvalue weighted by Crippen LogP contribution is -2.17. The molecule has 0 saturated carbocycles. The zero-order chi connectivity index (χ0) is 10.6. The number of benzene rings is 1. The number of carbonyl (C=O) groups is 1. The molecule has 3 nitrogen and oxygen atoms in total. The Morgan fingerprint density at radius 2 is 2.29 bits per heavy atom. The first kappa shape index (κ1) is 11.1. The van der Waals surface area contributed by atoms with E-state index in [0.29, 0.717) is 10.2 Å². The number of halogens is 2. The third kappa shape index (κ3) is 3.43. The van der Waals surface area contributed by atoms with Gasteiger partial charge >= 0.3 is 0 Å². The van der Waals surface area contributed by atoms with Gasteiger partial charge in [-0.3, -0.25) is 4.79 Å². The molecule has 0 spiro atoms. The van der Waals surface area contributed by atoms with Crippen LogP contribution in [0.15, 0.2) is 22.7 Å². The number of nitrogens with one attached hydrogen (secondary N) is 1. The standard InChI is InChI=1S/C9H9BrFNO2/c1-14-5-9(13)12-8-3-6(10)2-7(11)4-8/h2-4H,5H2,1H3,(H,12,13). The lowest BCUT2D eigenvalue weighted by molar-refractivity contribution is -0.119. The second kappa shape index (κ2) is 5.07. The van der Waals surface area contributed by atoms with Crippen molar-refractivity contribution in [2.45, 2.75) is 0 Å². The molecule has 1 rings (SSSR count). The maximum atomic E-state index is 12.9. The Labute approximate surface area is 89.4 Å². The van der Waals surface area contributed by atoms with E-state index in [4.69, 9.17) is 0 Å². The van der Waals surface area contributed by atoms with Crippen LogP contribution in [-0.2, 0) is 9.53 Å². The molecule has 0 bridgehead atoms. The van der Waals surface area contributed by atoms with Crippen molar-refractivity contribution >= 4 is 27.5 Å². The number of ether oxygens (including phenoxy) is 1. The van der Waals surface area contributed by atoms with Crippen LogP contribution in [0.2, 0.25) is 0 Å². The molecule has 1 aromatic rings. The fourth-order valence-electron chi connectivity index (χ4n) is 0.954. The predicted octanol–water partition coefficient (Wildman–Crippen LogP) is 2.17. The van der Waals surface area contributed by atoms with Crippen molar-refractivity contribution in [2.24, 2.45) is 0 Å². The van der Waals surface area contributed by atoms with E-state index in [9.17, 15) is 9.18 Å². The quantitative estimate of drug-likeness (QED) is 0.906. The highest BCUT2D eigenvalue weighted by Crippen LogP contribution is 2.18. The molecule has 1 aromatic carbocycles. The van der Waals surface area contributed by atoms with E-state index in [1.807, 2.05) is 0 Å². The van der Waals surface area contributed by atoms with E-state index in [1.54, 1.807) is 6.07 Å². The largest absolute Gasteiger partial charge is 0.375 e. The summed E-state index contributed by atoms with van der Waals surface area (Å²) in [5.41, 5.74) is 0.402.